The molecule has 7 atom stereocenters. The summed E-state index contributed by atoms with van der Waals surface area (Å²) in [4.78, 5) is 23.3. The summed E-state index contributed by atoms with van der Waals surface area (Å²) in [5, 5.41) is 0. The van der Waals surface area contributed by atoms with Crippen molar-refractivity contribution in [3.8, 4) is 0 Å². The third kappa shape index (κ3) is 4.16. The lowest BCUT2D eigenvalue weighted by atomic mass is 10.1. The van der Waals surface area contributed by atoms with Gasteiger partial charge in [0, 0.05) is 19.4 Å². The van der Waals surface area contributed by atoms with Crippen LogP contribution in [0.1, 0.15) is 12.6 Å². The average Bonchev–Trinajstić information content (AvgIpc) is 3.34. The first kappa shape index (κ1) is 23.4. The Balaban J connectivity index is 1.67. The van der Waals surface area contributed by atoms with Crippen LogP contribution in [0.15, 0.2) is 12.7 Å². The smallest absolute Gasteiger partial charge is 0.382 e. The number of nitrogens with two attached hydrogens (primary N) is 2. The summed E-state index contributed by atoms with van der Waals surface area (Å²) in [7, 11) is -0.315. The molecular weight excluding hydrogens is 470 g/mol. The van der Waals surface area contributed by atoms with E-state index in [1.807, 2.05) is 0 Å². The normalized spacial score (nSPS) is 31.9. The van der Waals surface area contributed by atoms with Gasteiger partial charge in [0.2, 0.25) is 0 Å². The fraction of sp³-hybridized carbons (Fsp3) is 0.667. The van der Waals surface area contributed by atoms with Crippen LogP contribution in [-0.2, 0) is 27.7 Å². The molecule has 2 aromatic heterocycles. The van der Waals surface area contributed by atoms with Gasteiger partial charge in [-0.15, -0.1) is 0 Å². The molecule has 2 fully saturated rings. The summed E-state index contributed by atoms with van der Waals surface area (Å²) in [5.41, 5.74) is 6.63. The van der Waals surface area contributed by atoms with E-state index in [1.54, 1.807) is 18.0 Å². The standard InChI is InChI=1S/C15H25N6O7P2S/c1-23-12-11(27-29(31)28-17)10(7-4-8(7)30(22,24-2)25-3)26-15(12)21-6-20-9-13(16)18-5-19-14(9)21/h5-8,10-12,15,22,31H,4,17H2,1-3H3,(H2,16,18,19)/q+1. The zero-order valence-corrected chi connectivity index (χ0v) is 19.7. The molecule has 172 valence electrons. The second-order valence-electron chi connectivity index (χ2n) is 7.08. The molecule has 0 radical (unpaired) electrons. The summed E-state index contributed by atoms with van der Waals surface area (Å²) < 4.78 is 35.1. The molecule has 1 saturated carbocycles. The van der Waals surface area contributed by atoms with E-state index in [9.17, 15) is 4.89 Å². The number of fused-ring (bicyclic) bond motifs is 1. The largest absolute Gasteiger partial charge is 0.411 e. The number of methoxy groups -OCH3 is 1. The Labute approximate surface area is 185 Å². The maximum absolute atomic E-state index is 10.7. The van der Waals surface area contributed by atoms with Crippen LogP contribution in [0.4, 0.5) is 5.82 Å². The van der Waals surface area contributed by atoms with Gasteiger partial charge in [0.25, 0.3) is 7.58 Å². The first-order valence-corrected chi connectivity index (χ1v) is 13.2. The SMILES string of the molecule is COC1C(OP(S)ON)C(C2CC2[P+](O)(OC)OC)OC1n1cnc2c(N)ncnc21. The van der Waals surface area contributed by atoms with Gasteiger partial charge in [-0.1, -0.05) is 12.2 Å². The van der Waals surface area contributed by atoms with Gasteiger partial charge in [-0.05, 0) is 0 Å². The molecule has 13 nitrogen and oxygen atoms in total. The van der Waals surface area contributed by atoms with Crippen LogP contribution < -0.4 is 11.6 Å². The Kier molecular flexibility index (Phi) is 6.97. The Hall–Kier alpha value is -0.760. The van der Waals surface area contributed by atoms with Crippen molar-refractivity contribution in [1.29, 1.82) is 0 Å². The predicted octanol–water partition coefficient (Wildman–Crippen LogP) is 1.19. The Morgan fingerprint density at radius 1 is 1.26 bits per heavy atom. The van der Waals surface area contributed by atoms with Crippen LogP contribution in [-0.4, -0.2) is 69.7 Å². The molecule has 2 aliphatic rings. The van der Waals surface area contributed by atoms with Crippen LogP contribution in [0.5, 0.6) is 0 Å². The third-order valence-corrected chi connectivity index (χ3v) is 9.28. The van der Waals surface area contributed by atoms with Crippen molar-refractivity contribution in [3.05, 3.63) is 12.7 Å². The minimum absolute atomic E-state index is 0.102. The average molecular weight is 495 g/mol. The number of anilines is 1. The van der Waals surface area contributed by atoms with Crippen molar-refractivity contribution in [2.24, 2.45) is 11.8 Å². The van der Waals surface area contributed by atoms with E-state index in [0.717, 1.165) is 0 Å². The highest BCUT2D eigenvalue weighted by Crippen LogP contribution is 2.72. The number of aromatic nitrogens is 4. The highest BCUT2D eigenvalue weighted by molar-refractivity contribution is 8.41. The molecule has 7 unspecified atom stereocenters. The van der Waals surface area contributed by atoms with Gasteiger partial charge < -0.3 is 19.7 Å². The van der Waals surface area contributed by atoms with Gasteiger partial charge in [-0.3, -0.25) is 4.57 Å². The molecule has 3 heterocycles. The predicted molar refractivity (Wildman–Crippen MR) is 116 cm³/mol. The van der Waals surface area contributed by atoms with E-state index in [4.69, 9.17) is 39.3 Å². The van der Waals surface area contributed by atoms with Crippen molar-refractivity contribution in [3.63, 3.8) is 0 Å². The fourth-order valence-corrected chi connectivity index (χ4v) is 6.74. The molecule has 0 bridgehead atoms. The second-order valence-corrected chi connectivity index (χ2v) is 11.5. The zero-order valence-electron chi connectivity index (χ0n) is 17.0. The van der Waals surface area contributed by atoms with Crippen LogP contribution in [0.25, 0.3) is 11.2 Å². The van der Waals surface area contributed by atoms with Crippen molar-refractivity contribution in [2.75, 3.05) is 27.1 Å². The maximum atomic E-state index is 10.7. The summed E-state index contributed by atoms with van der Waals surface area (Å²) in [6.45, 7) is 0. The lowest BCUT2D eigenvalue weighted by molar-refractivity contribution is -0.0526. The van der Waals surface area contributed by atoms with Crippen LogP contribution in [0.2, 0.25) is 0 Å². The number of rotatable bonds is 9. The van der Waals surface area contributed by atoms with Crippen LogP contribution in [0, 0.1) is 5.92 Å². The number of hydrogen-bond acceptors (Lipinski definition) is 13. The molecule has 31 heavy (non-hydrogen) atoms. The molecule has 4 rings (SSSR count). The minimum atomic E-state index is -3.02. The second kappa shape index (κ2) is 9.24. The highest BCUT2D eigenvalue weighted by atomic mass is 32.7. The lowest BCUT2D eigenvalue weighted by Gasteiger charge is -2.25. The maximum Gasteiger partial charge on any atom is 0.411 e. The van der Waals surface area contributed by atoms with E-state index in [0.29, 0.717) is 17.6 Å². The van der Waals surface area contributed by atoms with E-state index in [-0.39, 0.29) is 17.4 Å². The molecular formula is C15H25N6O7P2S+. The lowest BCUT2D eigenvalue weighted by Crippen LogP contribution is -2.36. The van der Waals surface area contributed by atoms with E-state index in [1.165, 1.54) is 20.5 Å². The number of nitrogens with zero attached hydrogens (tertiary/aromatic N) is 4. The summed E-state index contributed by atoms with van der Waals surface area (Å²) in [6, 6.07) is 0. The molecule has 16 heteroatoms. The van der Waals surface area contributed by atoms with Gasteiger partial charge in [0.15, 0.2) is 23.4 Å². The monoisotopic (exact) mass is 495 g/mol. The van der Waals surface area contributed by atoms with Crippen LogP contribution in [0.3, 0.4) is 0 Å². The fourth-order valence-electron chi connectivity index (χ4n) is 4.06. The molecule has 5 N–H and O–H groups in total. The first-order chi connectivity index (χ1) is 14.9. The molecule has 0 amide bonds. The first-order valence-electron chi connectivity index (χ1n) is 9.25. The van der Waals surface area contributed by atoms with Gasteiger partial charge in [-0.25, -0.2) is 25.5 Å². The van der Waals surface area contributed by atoms with Crippen molar-refractivity contribution in [1.82, 2.24) is 19.5 Å². The third-order valence-electron chi connectivity index (χ3n) is 5.63. The number of thiol groups is 1. The van der Waals surface area contributed by atoms with Gasteiger partial charge >= 0.3 is 7.94 Å². The molecule has 1 aliphatic carbocycles. The zero-order chi connectivity index (χ0) is 22.3. The number of ether oxygens (including phenoxy) is 2. The van der Waals surface area contributed by atoms with E-state index in [2.05, 4.69) is 27.2 Å². The van der Waals surface area contributed by atoms with E-state index >= 15 is 0 Å². The Morgan fingerprint density at radius 3 is 2.65 bits per heavy atom. The van der Waals surface area contributed by atoms with Gasteiger partial charge in [-0.2, -0.15) is 13.9 Å². The molecule has 0 spiro atoms. The van der Waals surface area contributed by atoms with E-state index < -0.39 is 40.1 Å². The number of nitrogen functional groups attached to an aromatic ring is 1. The summed E-state index contributed by atoms with van der Waals surface area (Å²) in [5.74, 6) is 5.41. The Morgan fingerprint density at radius 2 is 2.00 bits per heavy atom. The molecule has 2 aromatic rings. The summed E-state index contributed by atoms with van der Waals surface area (Å²) >= 11 is 4.24. The number of imidazole rings is 1. The molecule has 1 aliphatic heterocycles. The number of hydrogen-bond donors (Lipinski definition) is 4. The van der Waals surface area contributed by atoms with Crippen molar-refractivity contribution >= 4 is 44.8 Å². The minimum Gasteiger partial charge on any atom is -0.382 e. The Bertz CT molecular complexity index is 923. The molecule has 0 aromatic carbocycles. The van der Waals surface area contributed by atoms with Crippen LogP contribution >= 0.6 is 27.8 Å². The highest BCUT2D eigenvalue weighted by Gasteiger charge is 2.69. The quantitative estimate of drug-likeness (QED) is 0.223. The van der Waals surface area contributed by atoms with Crippen molar-refractivity contribution in [2.45, 2.75) is 36.6 Å². The van der Waals surface area contributed by atoms with Gasteiger partial charge in [0.05, 0.1) is 26.7 Å². The topological polar surface area (TPSA) is 171 Å². The van der Waals surface area contributed by atoms with Crippen molar-refractivity contribution < 1.29 is 32.6 Å². The van der Waals surface area contributed by atoms with Gasteiger partial charge in [0.1, 0.15) is 24.1 Å². The summed E-state index contributed by atoms with van der Waals surface area (Å²) in [6.07, 6.45) is 1.23. The molecule has 1 saturated heterocycles.